The van der Waals surface area contributed by atoms with Crippen LogP contribution in [0.25, 0.3) is 0 Å². The average Bonchev–Trinajstić information content (AvgIpc) is 3.10. The number of carbonyl (C=O) groups excluding carboxylic acids is 1. The lowest BCUT2D eigenvalue weighted by atomic mass is 10.2. The number of nitrogens with one attached hydrogen (secondary N) is 1. The second kappa shape index (κ2) is 7.93. The number of carbonyl (C=O) groups is 1. The zero-order valence-electron chi connectivity index (χ0n) is 15.4. The lowest BCUT2D eigenvalue weighted by molar-refractivity contribution is -0.114. The van der Waals surface area contributed by atoms with Gasteiger partial charge in [-0.25, -0.2) is 12.4 Å². The minimum Gasteiger partial charge on any atom is -0.326 e. The van der Waals surface area contributed by atoms with Crippen LogP contribution in [0.2, 0.25) is 0 Å². The van der Waals surface area contributed by atoms with Gasteiger partial charge in [-0.3, -0.25) is 4.79 Å². The Morgan fingerprint density at radius 3 is 2.14 bits per heavy atom. The summed E-state index contributed by atoms with van der Waals surface area (Å²) >= 11 is 0.888. The summed E-state index contributed by atoms with van der Waals surface area (Å²) in [6.07, 6.45) is 1.24. The van der Waals surface area contributed by atoms with Gasteiger partial charge in [-0.1, -0.05) is 17.7 Å². The first-order valence-electron chi connectivity index (χ1n) is 8.27. The SMILES string of the molecule is CC(=O)Nc1ccc(S(=O)(=O)n2ccsc2=NS(=O)(=O)c2ccc(C)cc2)cc1. The molecule has 1 aromatic heterocycles. The third-order valence-electron chi connectivity index (χ3n) is 3.81. The number of rotatable bonds is 5. The van der Waals surface area contributed by atoms with Gasteiger partial charge in [0, 0.05) is 24.2 Å². The topological polar surface area (TPSA) is 115 Å². The molecule has 0 saturated carbocycles. The quantitative estimate of drug-likeness (QED) is 0.639. The maximum Gasteiger partial charge on any atom is 0.285 e. The van der Waals surface area contributed by atoms with E-state index in [2.05, 4.69) is 9.71 Å². The Kier molecular flexibility index (Phi) is 5.73. The number of amides is 1. The van der Waals surface area contributed by atoms with Crippen molar-refractivity contribution in [1.82, 2.24) is 3.97 Å². The molecule has 1 N–H and O–H groups in total. The van der Waals surface area contributed by atoms with Gasteiger partial charge in [0.25, 0.3) is 20.0 Å². The van der Waals surface area contributed by atoms with Crippen molar-refractivity contribution < 1.29 is 21.6 Å². The van der Waals surface area contributed by atoms with Crippen LogP contribution in [0.1, 0.15) is 12.5 Å². The summed E-state index contributed by atoms with van der Waals surface area (Å²) in [4.78, 5) is 10.8. The lowest BCUT2D eigenvalue weighted by Gasteiger charge is -2.07. The Bertz CT molecular complexity index is 1320. The van der Waals surface area contributed by atoms with Gasteiger partial charge in [-0.2, -0.15) is 8.42 Å². The monoisotopic (exact) mass is 451 g/mol. The highest BCUT2D eigenvalue weighted by molar-refractivity contribution is 7.90. The minimum atomic E-state index is -4.08. The van der Waals surface area contributed by atoms with E-state index in [1.165, 1.54) is 54.9 Å². The van der Waals surface area contributed by atoms with E-state index in [1.807, 2.05) is 6.92 Å². The van der Waals surface area contributed by atoms with Crippen molar-refractivity contribution in [3.05, 3.63) is 70.5 Å². The molecule has 29 heavy (non-hydrogen) atoms. The van der Waals surface area contributed by atoms with Gasteiger partial charge in [0.1, 0.15) is 0 Å². The Labute approximate surface area is 172 Å². The Hall–Kier alpha value is -2.76. The highest BCUT2D eigenvalue weighted by Gasteiger charge is 2.20. The second-order valence-electron chi connectivity index (χ2n) is 6.07. The fourth-order valence-electron chi connectivity index (χ4n) is 2.40. The van der Waals surface area contributed by atoms with Crippen LogP contribution in [0.4, 0.5) is 5.69 Å². The highest BCUT2D eigenvalue weighted by atomic mass is 32.2. The van der Waals surface area contributed by atoms with E-state index in [1.54, 1.807) is 12.1 Å². The number of hydrogen-bond donors (Lipinski definition) is 1. The zero-order valence-corrected chi connectivity index (χ0v) is 17.9. The molecule has 2 aromatic carbocycles. The molecule has 0 aliphatic heterocycles. The molecule has 152 valence electrons. The molecule has 1 amide bonds. The van der Waals surface area contributed by atoms with Crippen molar-refractivity contribution in [2.24, 2.45) is 4.40 Å². The minimum absolute atomic E-state index is 0.0277. The van der Waals surface area contributed by atoms with Crippen LogP contribution < -0.4 is 10.1 Å². The predicted octanol–water partition coefficient (Wildman–Crippen LogP) is 2.34. The zero-order chi connectivity index (χ0) is 21.2. The van der Waals surface area contributed by atoms with Crippen molar-refractivity contribution >= 4 is 43.0 Å². The number of thiazole rings is 1. The first kappa shape index (κ1) is 21.0. The fraction of sp³-hybridized carbons (Fsp3) is 0.111. The maximum atomic E-state index is 12.9. The summed E-state index contributed by atoms with van der Waals surface area (Å²) in [5.74, 6) is -0.282. The van der Waals surface area contributed by atoms with Crippen molar-refractivity contribution in [1.29, 1.82) is 0 Å². The molecule has 1 heterocycles. The summed E-state index contributed by atoms with van der Waals surface area (Å²) in [7, 11) is -8.16. The van der Waals surface area contributed by atoms with E-state index in [0.717, 1.165) is 20.9 Å². The normalized spacial score (nSPS) is 12.7. The number of aromatic nitrogens is 1. The maximum absolute atomic E-state index is 12.9. The lowest BCUT2D eigenvalue weighted by Crippen LogP contribution is -2.24. The molecule has 0 bridgehead atoms. The molecule has 0 atom stereocenters. The standard InChI is InChI=1S/C18H17N3O5S3/c1-13-3-7-16(8-4-13)28(23,24)20-18-21(11-12-27-18)29(25,26)17-9-5-15(6-10-17)19-14(2)22/h3-12H,1-2H3,(H,19,22). The number of sulfonamides is 1. The molecule has 3 aromatic rings. The molecule has 11 heteroatoms. The van der Waals surface area contributed by atoms with Crippen LogP contribution in [-0.4, -0.2) is 26.7 Å². The number of nitrogens with zero attached hydrogens (tertiary/aromatic N) is 2. The summed E-state index contributed by atoms with van der Waals surface area (Å²) < 4.78 is 55.6. The molecule has 8 nitrogen and oxygen atoms in total. The van der Waals surface area contributed by atoms with E-state index in [9.17, 15) is 21.6 Å². The van der Waals surface area contributed by atoms with Gasteiger partial charge < -0.3 is 5.32 Å². The van der Waals surface area contributed by atoms with E-state index in [0.29, 0.717) is 5.69 Å². The summed E-state index contributed by atoms with van der Waals surface area (Å²) in [6.45, 7) is 3.17. The largest absolute Gasteiger partial charge is 0.326 e. The smallest absolute Gasteiger partial charge is 0.285 e. The van der Waals surface area contributed by atoms with E-state index in [4.69, 9.17) is 0 Å². The van der Waals surface area contributed by atoms with Crippen LogP contribution in [0, 0.1) is 6.92 Å². The van der Waals surface area contributed by atoms with Gasteiger partial charge in [0.05, 0.1) is 9.79 Å². The average molecular weight is 452 g/mol. The molecule has 0 fully saturated rings. The van der Waals surface area contributed by atoms with E-state index < -0.39 is 20.0 Å². The van der Waals surface area contributed by atoms with Gasteiger partial charge in [0.15, 0.2) is 0 Å². The first-order valence-corrected chi connectivity index (χ1v) is 12.0. The Balaban J connectivity index is 2.03. The molecular weight excluding hydrogens is 434 g/mol. The molecule has 0 aliphatic carbocycles. The highest BCUT2D eigenvalue weighted by Crippen LogP contribution is 2.17. The number of hydrogen-bond acceptors (Lipinski definition) is 6. The third kappa shape index (κ3) is 4.63. The first-order chi connectivity index (χ1) is 13.6. The molecule has 0 saturated heterocycles. The van der Waals surface area contributed by atoms with Crippen LogP contribution in [0.3, 0.4) is 0 Å². The number of anilines is 1. The van der Waals surface area contributed by atoms with Crippen LogP contribution in [0.15, 0.2) is 74.3 Å². The van der Waals surface area contributed by atoms with Crippen molar-refractivity contribution in [3.63, 3.8) is 0 Å². The van der Waals surface area contributed by atoms with Gasteiger partial charge in [0.2, 0.25) is 10.7 Å². The summed E-state index contributed by atoms with van der Waals surface area (Å²) in [6, 6.07) is 11.6. The molecule has 3 rings (SSSR count). The summed E-state index contributed by atoms with van der Waals surface area (Å²) in [5, 5.41) is 3.98. The molecular formula is C18H17N3O5S3. The van der Waals surface area contributed by atoms with Crippen LogP contribution in [0.5, 0.6) is 0 Å². The fourth-order valence-corrected chi connectivity index (χ4v) is 5.94. The molecule has 0 radical (unpaired) electrons. The Morgan fingerprint density at radius 2 is 1.55 bits per heavy atom. The number of benzene rings is 2. The predicted molar refractivity (Wildman–Crippen MR) is 110 cm³/mol. The van der Waals surface area contributed by atoms with Crippen LogP contribution >= 0.6 is 11.3 Å². The van der Waals surface area contributed by atoms with Crippen molar-refractivity contribution in [2.45, 2.75) is 23.6 Å². The summed E-state index contributed by atoms with van der Waals surface area (Å²) in [5.41, 5.74) is 1.33. The molecule has 0 aliphatic rings. The van der Waals surface area contributed by atoms with Gasteiger partial charge >= 0.3 is 0 Å². The molecule has 0 spiro atoms. The number of aryl methyl sites for hydroxylation is 1. The van der Waals surface area contributed by atoms with E-state index in [-0.39, 0.29) is 20.5 Å². The van der Waals surface area contributed by atoms with Crippen molar-refractivity contribution in [2.75, 3.05) is 5.32 Å². The van der Waals surface area contributed by atoms with Crippen molar-refractivity contribution in [3.8, 4) is 0 Å². The molecule has 0 unspecified atom stereocenters. The Morgan fingerprint density at radius 1 is 0.966 bits per heavy atom. The second-order valence-corrected chi connectivity index (χ2v) is 10.4. The van der Waals surface area contributed by atoms with Gasteiger partial charge in [-0.05, 0) is 43.3 Å². The van der Waals surface area contributed by atoms with Crippen LogP contribution in [-0.2, 0) is 24.8 Å². The van der Waals surface area contributed by atoms with E-state index >= 15 is 0 Å². The third-order valence-corrected chi connectivity index (χ3v) is 7.76. The van der Waals surface area contributed by atoms with Gasteiger partial charge in [-0.15, -0.1) is 15.7 Å².